The number of nitrogens with one attached hydrogen (secondary N) is 1. The normalized spacial score (nSPS) is 15.3. The first-order chi connectivity index (χ1) is 11.5. The van der Waals surface area contributed by atoms with Crippen LogP contribution in [0.15, 0.2) is 30.3 Å². The maximum Gasteiger partial charge on any atom is 0.306 e. The van der Waals surface area contributed by atoms with E-state index in [1.165, 1.54) is 0 Å². The third-order valence-electron chi connectivity index (χ3n) is 4.07. The van der Waals surface area contributed by atoms with Crippen molar-refractivity contribution in [3.05, 3.63) is 35.9 Å². The lowest BCUT2D eigenvalue weighted by Gasteiger charge is -2.21. The summed E-state index contributed by atoms with van der Waals surface area (Å²) in [5.41, 5.74) is -0.285. The molecule has 0 spiro atoms. The van der Waals surface area contributed by atoms with Crippen LogP contribution in [0.5, 0.6) is 0 Å². The average molecular weight is 328 g/mol. The van der Waals surface area contributed by atoms with Gasteiger partial charge in [-0.2, -0.15) is 5.26 Å². The Morgan fingerprint density at radius 1 is 1.12 bits per heavy atom. The summed E-state index contributed by atoms with van der Waals surface area (Å²) >= 11 is 0. The second-order valence-electron chi connectivity index (χ2n) is 5.90. The van der Waals surface area contributed by atoms with Gasteiger partial charge < -0.3 is 10.1 Å². The Bertz CT molecular complexity index is 643. The SMILES string of the molecule is N#CC1(NC(=O)COC(=O)CCC(=O)c2ccccc2)CCCC1. The van der Waals surface area contributed by atoms with Crippen molar-refractivity contribution in [2.45, 2.75) is 44.1 Å². The molecule has 0 unspecified atom stereocenters. The summed E-state index contributed by atoms with van der Waals surface area (Å²) in [6.45, 7) is -0.429. The number of benzene rings is 1. The molecule has 1 amide bonds. The molecule has 0 aromatic heterocycles. The maximum atomic E-state index is 11.9. The van der Waals surface area contributed by atoms with E-state index in [1.807, 2.05) is 6.07 Å². The predicted octanol–water partition coefficient (Wildman–Crippen LogP) is 2.15. The quantitative estimate of drug-likeness (QED) is 0.611. The fourth-order valence-electron chi connectivity index (χ4n) is 2.75. The molecule has 1 aliphatic carbocycles. The smallest absolute Gasteiger partial charge is 0.306 e. The van der Waals surface area contributed by atoms with E-state index in [2.05, 4.69) is 11.4 Å². The van der Waals surface area contributed by atoms with Gasteiger partial charge in [0.25, 0.3) is 5.91 Å². The number of hydrogen-bond donors (Lipinski definition) is 1. The Balaban J connectivity index is 1.70. The third kappa shape index (κ3) is 4.92. The summed E-state index contributed by atoms with van der Waals surface area (Å²) < 4.78 is 4.88. The molecule has 2 rings (SSSR count). The van der Waals surface area contributed by atoms with Gasteiger partial charge in [0.1, 0.15) is 5.54 Å². The first-order valence-corrected chi connectivity index (χ1v) is 8.01. The molecule has 1 fully saturated rings. The van der Waals surface area contributed by atoms with Gasteiger partial charge in [-0.15, -0.1) is 0 Å². The molecule has 6 heteroatoms. The number of ether oxygens (including phenoxy) is 1. The number of nitrogens with zero attached hydrogens (tertiary/aromatic N) is 1. The number of esters is 1. The lowest BCUT2D eigenvalue weighted by atomic mass is 10.00. The first kappa shape index (κ1) is 17.7. The molecule has 24 heavy (non-hydrogen) atoms. The van der Waals surface area contributed by atoms with Crippen LogP contribution in [0.25, 0.3) is 0 Å². The average Bonchev–Trinajstić information content (AvgIpc) is 3.07. The van der Waals surface area contributed by atoms with Crippen LogP contribution in [0.4, 0.5) is 0 Å². The highest BCUT2D eigenvalue weighted by molar-refractivity contribution is 5.97. The molecular formula is C18H20N2O4. The molecule has 0 atom stereocenters. The number of rotatable bonds is 7. The Kier molecular flexibility index (Phi) is 6.07. The molecule has 1 aromatic rings. The summed E-state index contributed by atoms with van der Waals surface area (Å²) in [6, 6.07) is 10.8. The molecule has 0 radical (unpaired) electrons. The fraction of sp³-hybridized carbons (Fsp3) is 0.444. The van der Waals surface area contributed by atoms with Crippen LogP contribution in [-0.4, -0.2) is 29.8 Å². The highest BCUT2D eigenvalue weighted by atomic mass is 16.5. The Morgan fingerprint density at radius 3 is 2.42 bits per heavy atom. The van der Waals surface area contributed by atoms with E-state index in [0.29, 0.717) is 18.4 Å². The van der Waals surface area contributed by atoms with E-state index in [0.717, 1.165) is 12.8 Å². The predicted molar refractivity (Wildman–Crippen MR) is 85.9 cm³/mol. The highest BCUT2D eigenvalue weighted by Gasteiger charge is 2.35. The zero-order chi connectivity index (χ0) is 17.4. The summed E-state index contributed by atoms with van der Waals surface area (Å²) in [4.78, 5) is 35.3. The second kappa shape index (κ2) is 8.25. The van der Waals surface area contributed by atoms with Crippen molar-refractivity contribution in [1.82, 2.24) is 5.32 Å². The van der Waals surface area contributed by atoms with Gasteiger partial charge in [-0.1, -0.05) is 30.3 Å². The van der Waals surface area contributed by atoms with Crippen LogP contribution >= 0.6 is 0 Å². The van der Waals surface area contributed by atoms with Crippen molar-refractivity contribution < 1.29 is 19.1 Å². The van der Waals surface area contributed by atoms with Gasteiger partial charge in [-0.3, -0.25) is 14.4 Å². The molecule has 1 aliphatic rings. The fourth-order valence-corrected chi connectivity index (χ4v) is 2.75. The van der Waals surface area contributed by atoms with Crippen molar-refractivity contribution in [3.8, 4) is 6.07 Å². The van der Waals surface area contributed by atoms with E-state index in [1.54, 1.807) is 24.3 Å². The number of amides is 1. The number of carbonyl (C=O) groups excluding carboxylic acids is 3. The number of hydrogen-bond acceptors (Lipinski definition) is 5. The minimum Gasteiger partial charge on any atom is -0.456 e. The minimum atomic E-state index is -0.827. The lowest BCUT2D eigenvalue weighted by Crippen LogP contribution is -2.46. The summed E-state index contributed by atoms with van der Waals surface area (Å²) in [7, 11) is 0. The lowest BCUT2D eigenvalue weighted by molar-refractivity contribution is -0.148. The second-order valence-corrected chi connectivity index (χ2v) is 5.90. The van der Waals surface area contributed by atoms with E-state index in [9.17, 15) is 19.6 Å². The molecule has 1 aromatic carbocycles. The number of ketones is 1. The molecule has 6 nitrogen and oxygen atoms in total. The first-order valence-electron chi connectivity index (χ1n) is 8.01. The number of nitriles is 1. The number of carbonyl (C=O) groups is 3. The van der Waals surface area contributed by atoms with Crippen LogP contribution in [0, 0.1) is 11.3 Å². The molecule has 126 valence electrons. The molecule has 0 saturated heterocycles. The molecule has 1 saturated carbocycles. The van der Waals surface area contributed by atoms with E-state index in [4.69, 9.17) is 4.74 Å². The molecule has 0 bridgehead atoms. The number of Topliss-reactive ketones (excluding diaryl/α,β-unsaturated/α-hetero) is 1. The summed E-state index contributed by atoms with van der Waals surface area (Å²) in [6.07, 6.45) is 2.99. The molecule has 1 N–H and O–H groups in total. The van der Waals surface area contributed by atoms with Crippen LogP contribution < -0.4 is 5.32 Å². The van der Waals surface area contributed by atoms with Crippen LogP contribution in [-0.2, 0) is 14.3 Å². The van der Waals surface area contributed by atoms with Crippen molar-refractivity contribution in [3.63, 3.8) is 0 Å². The Hall–Kier alpha value is -2.68. The van der Waals surface area contributed by atoms with Crippen molar-refractivity contribution in [2.24, 2.45) is 0 Å². The van der Waals surface area contributed by atoms with Crippen molar-refractivity contribution in [1.29, 1.82) is 5.26 Å². The molecule has 0 heterocycles. The van der Waals surface area contributed by atoms with Crippen LogP contribution in [0.1, 0.15) is 48.9 Å². The van der Waals surface area contributed by atoms with E-state index < -0.39 is 24.0 Å². The third-order valence-corrected chi connectivity index (χ3v) is 4.07. The molecular weight excluding hydrogens is 308 g/mol. The van der Waals surface area contributed by atoms with Crippen molar-refractivity contribution in [2.75, 3.05) is 6.61 Å². The van der Waals surface area contributed by atoms with Crippen molar-refractivity contribution >= 4 is 17.7 Å². The standard InChI is InChI=1S/C18H20N2O4/c19-13-18(10-4-5-11-18)20-16(22)12-24-17(23)9-8-15(21)14-6-2-1-3-7-14/h1-3,6-7H,4-5,8-12H2,(H,20,22). The maximum absolute atomic E-state index is 11.9. The van der Waals surface area contributed by atoms with Gasteiger partial charge in [0.15, 0.2) is 12.4 Å². The summed E-state index contributed by atoms with van der Waals surface area (Å²) in [5.74, 6) is -1.24. The zero-order valence-electron chi connectivity index (χ0n) is 13.4. The van der Waals surface area contributed by atoms with E-state index in [-0.39, 0.29) is 18.6 Å². The van der Waals surface area contributed by atoms with Gasteiger partial charge in [0, 0.05) is 12.0 Å². The highest BCUT2D eigenvalue weighted by Crippen LogP contribution is 2.28. The Morgan fingerprint density at radius 2 is 1.79 bits per heavy atom. The van der Waals surface area contributed by atoms with Gasteiger partial charge in [-0.25, -0.2) is 0 Å². The van der Waals surface area contributed by atoms with Gasteiger partial charge in [0.05, 0.1) is 12.5 Å². The van der Waals surface area contributed by atoms with Gasteiger partial charge >= 0.3 is 5.97 Å². The van der Waals surface area contributed by atoms with Crippen LogP contribution in [0.3, 0.4) is 0 Å². The monoisotopic (exact) mass is 328 g/mol. The zero-order valence-corrected chi connectivity index (χ0v) is 13.4. The Labute approximate surface area is 140 Å². The van der Waals surface area contributed by atoms with Gasteiger partial charge in [-0.05, 0) is 25.7 Å². The largest absolute Gasteiger partial charge is 0.456 e. The van der Waals surface area contributed by atoms with Gasteiger partial charge in [0.2, 0.25) is 0 Å². The van der Waals surface area contributed by atoms with Crippen LogP contribution in [0.2, 0.25) is 0 Å². The van der Waals surface area contributed by atoms with E-state index >= 15 is 0 Å². The minimum absolute atomic E-state index is 0.0343. The molecule has 0 aliphatic heterocycles. The topological polar surface area (TPSA) is 96.3 Å². The summed E-state index contributed by atoms with van der Waals surface area (Å²) in [5, 5.41) is 11.8.